The molecule has 7 nitrogen and oxygen atoms in total. The number of rotatable bonds is 7. The van der Waals surface area contributed by atoms with Crippen LogP contribution in [0.4, 0.5) is 5.82 Å². The topological polar surface area (TPSA) is 86.4 Å². The lowest BCUT2D eigenvalue weighted by Crippen LogP contribution is -2.59. The fourth-order valence-electron chi connectivity index (χ4n) is 3.92. The molecule has 1 aliphatic carbocycles. The van der Waals surface area contributed by atoms with Crippen LogP contribution in [0.5, 0.6) is 0 Å². The molecule has 1 aromatic rings. The maximum atomic E-state index is 12.3. The summed E-state index contributed by atoms with van der Waals surface area (Å²) in [5.74, 6) is 0.746. The Hall–Kier alpha value is -2.15. The number of anilines is 1. The van der Waals surface area contributed by atoms with Gasteiger partial charge in [-0.3, -0.25) is 14.5 Å². The van der Waals surface area contributed by atoms with E-state index < -0.39 is 0 Å². The van der Waals surface area contributed by atoms with Gasteiger partial charge in [-0.25, -0.2) is 4.98 Å². The van der Waals surface area contributed by atoms with Crippen molar-refractivity contribution in [3.05, 3.63) is 23.9 Å². The van der Waals surface area contributed by atoms with E-state index in [9.17, 15) is 9.59 Å². The maximum absolute atomic E-state index is 12.3. The van der Waals surface area contributed by atoms with Crippen LogP contribution in [0.25, 0.3) is 0 Å². The molecule has 1 saturated carbocycles. The van der Waals surface area contributed by atoms with Crippen molar-refractivity contribution in [1.29, 1.82) is 0 Å². The fraction of sp³-hybridized carbons (Fsp3) is 0.632. The van der Waals surface area contributed by atoms with Gasteiger partial charge in [0.15, 0.2) is 0 Å². The first-order valence-electron chi connectivity index (χ1n) is 9.61. The molecule has 3 rings (SSSR count). The average molecular weight is 359 g/mol. The highest BCUT2D eigenvalue weighted by Gasteiger charge is 2.36. The second-order valence-corrected chi connectivity index (χ2v) is 7.13. The highest BCUT2D eigenvalue weighted by molar-refractivity contribution is 5.88. The summed E-state index contributed by atoms with van der Waals surface area (Å²) in [5, 5.41) is 9.04. The molecule has 1 saturated heterocycles. The Kier molecular flexibility index (Phi) is 6.44. The fourth-order valence-corrected chi connectivity index (χ4v) is 3.92. The van der Waals surface area contributed by atoms with Gasteiger partial charge in [-0.15, -0.1) is 0 Å². The van der Waals surface area contributed by atoms with Crippen LogP contribution in [0.3, 0.4) is 0 Å². The van der Waals surface area contributed by atoms with E-state index in [-0.39, 0.29) is 24.3 Å². The Labute approximate surface area is 154 Å². The minimum Gasteiger partial charge on any atom is -0.368 e. The van der Waals surface area contributed by atoms with Gasteiger partial charge < -0.3 is 16.0 Å². The van der Waals surface area contributed by atoms with E-state index >= 15 is 0 Å². The summed E-state index contributed by atoms with van der Waals surface area (Å²) in [4.78, 5) is 31.2. The summed E-state index contributed by atoms with van der Waals surface area (Å²) in [6.45, 7) is 4.63. The minimum absolute atomic E-state index is 0.0134. The number of pyridine rings is 1. The van der Waals surface area contributed by atoms with Crippen LogP contribution < -0.4 is 16.0 Å². The van der Waals surface area contributed by atoms with E-state index in [2.05, 4.69) is 25.8 Å². The van der Waals surface area contributed by atoms with Gasteiger partial charge in [0.05, 0.1) is 12.5 Å². The Morgan fingerprint density at radius 1 is 1.35 bits per heavy atom. The molecule has 0 bridgehead atoms. The largest absolute Gasteiger partial charge is 0.368 e. The van der Waals surface area contributed by atoms with Crippen molar-refractivity contribution in [2.75, 3.05) is 31.5 Å². The third kappa shape index (κ3) is 4.72. The SMILES string of the molecule is Cc1cccnc1NCCNC(=O)C[C@@H]1C(=O)NCCN1C1CCCC1. The van der Waals surface area contributed by atoms with Crippen molar-refractivity contribution in [3.8, 4) is 0 Å². The van der Waals surface area contributed by atoms with E-state index in [1.807, 2.05) is 19.1 Å². The van der Waals surface area contributed by atoms with E-state index in [1.54, 1.807) is 6.20 Å². The lowest BCUT2D eigenvalue weighted by atomic mass is 10.0. The summed E-state index contributed by atoms with van der Waals surface area (Å²) in [6.07, 6.45) is 6.69. The third-order valence-corrected chi connectivity index (χ3v) is 5.29. The van der Waals surface area contributed by atoms with Crippen LogP contribution in [0, 0.1) is 6.92 Å². The molecule has 0 spiro atoms. The van der Waals surface area contributed by atoms with Crippen LogP contribution in [0.1, 0.15) is 37.7 Å². The predicted octanol–water partition coefficient (Wildman–Crippen LogP) is 1.05. The number of piperazine rings is 1. The van der Waals surface area contributed by atoms with E-state index in [1.165, 1.54) is 12.8 Å². The molecule has 2 heterocycles. The van der Waals surface area contributed by atoms with Crippen LogP contribution in [-0.2, 0) is 9.59 Å². The summed E-state index contributed by atoms with van der Waals surface area (Å²) in [5.41, 5.74) is 1.07. The van der Waals surface area contributed by atoms with Crippen molar-refractivity contribution in [3.63, 3.8) is 0 Å². The number of aryl methyl sites for hydroxylation is 1. The minimum atomic E-state index is -0.335. The lowest BCUT2D eigenvalue weighted by molar-refractivity contribution is -0.135. The molecule has 142 valence electrons. The second-order valence-electron chi connectivity index (χ2n) is 7.13. The van der Waals surface area contributed by atoms with Crippen LogP contribution in [0.15, 0.2) is 18.3 Å². The zero-order valence-corrected chi connectivity index (χ0v) is 15.5. The number of carbonyl (C=O) groups is 2. The van der Waals surface area contributed by atoms with Gasteiger partial charge in [-0.1, -0.05) is 18.9 Å². The molecule has 2 amide bonds. The molecule has 7 heteroatoms. The Bertz CT molecular complexity index is 630. The van der Waals surface area contributed by atoms with Gasteiger partial charge in [-0.2, -0.15) is 0 Å². The molecule has 2 aliphatic rings. The summed E-state index contributed by atoms with van der Waals surface area (Å²) < 4.78 is 0. The summed E-state index contributed by atoms with van der Waals surface area (Å²) in [6, 6.07) is 4.01. The van der Waals surface area contributed by atoms with Gasteiger partial charge in [0.1, 0.15) is 5.82 Å². The number of nitrogens with one attached hydrogen (secondary N) is 3. The second kappa shape index (κ2) is 8.98. The Morgan fingerprint density at radius 3 is 2.92 bits per heavy atom. The molecular formula is C19H29N5O2. The summed E-state index contributed by atoms with van der Waals surface area (Å²) >= 11 is 0. The normalized spacial score (nSPS) is 21.4. The van der Waals surface area contributed by atoms with Gasteiger partial charge in [0, 0.05) is 38.4 Å². The van der Waals surface area contributed by atoms with Crippen molar-refractivity contribution in [1.82, 2.24) is 20.5 Å². The molecular weight excluding hydrogens is 330 g/mol. The van der Waals surface area contributed by atoms with Crippen molar-refractivity contribution in [2.24, 2.45) is 0 Å². The van der Waals surface area contributed by atoms with Crippen LogP contribution >= 0.6 is 0 Å². The number of aromatic nitrogens is 1. The van der Waals surface area contributed by atoms with E-state index in [0.29, 0.717) is 25.7 Å². The first kappa shape index (κ1) is 18.6. The van der Waals surface area contributed by atoms with Gasteiger partial charge >= 0.3 is 0 Å². The first-order valence-corrected chi connectivity index (χ1v) is 9.61. The number of nitrogens with zero attached hydrogens (tertiary/aromatic N) is 2. The molecule has 0 unspecified atom stereocenters. The summed E-state index contributed by atoms with van der Waals surface area (Å²) in [7, 11) is 0. The van der Waals surface area contributed by atoms with Crippen molar-refractivity contribution >= 4 is 17.6 Å². The third-order valence-electron chi connectivity index (χ3n) is 5.29. The van der Waals surface area contributed by atoms with Crippen LogP contribution in [0.2, 0.25) is 0 Å². The standard InChI is InChI=1S/C19H29N5O2/c1-14-5-4-8-21-18(14)22-10-9-20-17(25)13-16-19(26)23-11-12-24(16)15-6-2-3-7-15/h4-5,8,15-16H,2-3,6-7,9-13H2,1H3,(H,20,25)(H,21,22)(H,23,26)/t16-/m1/s1. The smallest absolute Gasteiger partial charge is 0.237 e. The Balaban J connectivity index is 1.45. The van der Waals surface area contributed by atoms with E-state index in [0.717, 1.165) is 30.8 Å². The molecule has 2 fully saturated rings. The lowest BCUT2D eigenvalue weighted by Gasteiger charge is -2.38. The van der Waals surface area contributed by atoms with Gasteiger partial charge in [-0.05, 0) is 31.4 Å². The molecule has 1 atom stereocenters. The van der Waals surface area contributed by atoms with Gasteiger partial charge in [0.2, 0.25) is 11.8 Å². The predicted molar refractivity (Wildman–Crippen MR) is 101 cm³/mol. The average Bonchev–Trinajstić information content (AvgIpc) is 3.16. The molecule has 1 aromatic heterocycles. The molecule has 26 heavy (non-hydrogen) atoms. The maximum Gasteiger partial charge on any atom is 0.237 e. The first-order chi connectivity index (χ1) is 12.6. The molecule has 0 radical (unpaired) electrons. The molecule has 3 N–H and O–H groups in total. The molecule has 0 aromatic carbocycles. The highest BCUT2D eigenvalue weighted by Crippen LogP contribution is 2.26. The Morgan fingerprint density at radius 2 is 2.15 bits per heavy atom. The number of hydrogen-bond acceptors (Lipinski definition) is 5. The van der Waals surface area contributed by atoms with Gasteiger partial charge in [0.25, 0.3) is 0 Å². The van der Waals surface area contributed by atoms with Crippen molar-refractivity contribution < 1.29 is 9.59 Å². The number of amides is 2. The zero-order chi connectivity index (χ0) is 18.4. The monoisotopic (exact) mass is 359 g/mol. The van der Waals surface area contributed by atoms with Crippen LogP contribution in [-0.4, -0.2) is 60.0 Å². The highest BCUT2D eigenvalue weighted by atomic mass is 16.2. The quantitative estimate of drug-likeness (QED) is 0.634. The van der Waals surface area contributed by atoms with E-state index in [4.69, 9.17) is 0 Å². The van der Waals surface area contributed by atoms with Crippen molar-refractivity contribution in [2.45, 2.75) is 51.1 Å². The molecule has 1 aliphatic heterocycles. The number of hydrogen-bond donors (Lipinski definition) is 3. The number of carbonyl (C=O) groups excluding carboxylic acids is 2. The zero-order valence-electron chi connectivity index (χ0n) is 15.5.